The minimum absolute atomic E-state index is 0.291. The molecule has 0 radical (unpaired) electrons. The Kier molecular flexibility index (Phi) is 4.65. The molecule has 1 aromatic carbocycles. The van der Waals surface area contributed by atoms with Crippen molar-refractivity contribution in [3.05, 3.63) is 39.9 Å². The highest BCUT2D eigenvalue weighted by Crippen LogP contribution is 2.26. The van der Waals surface area contributed by atoms with Gasteiger partial charge in [0.2, 0.25) is 0 Å². The van der Waals surface area contributed by atoms with E-state index in [0.29, 0.717) is 18.0 Å². The summed E-state index contributed by atoms with van der Waals surface area (Å²) in [5, 5.41) is 4.49. The molecule has 2 aromatic rings. The van der Waals surface area contributed by atoms with E-state index in [4.69, 9.17) is 10.5 Å². The van der Waals surface area contributed by atoms with Crippen LogP contribution in [0.3, 0.4) is 0 Å². The molecule has 2 rings (SSSR count). The van der Waals surface area contributed by atoms with Crippen molar-refractivity contribution in [3.63, 3.8) is 0 Å². The molecule has 4 nitrogen and oxygen atoms in total. The summed E-state index contributed by atoms with van der Waals surface area (Å²) in [6, 6.07) is 4.11. The SMILES string of the molecule is CCc1nn(CC)c(COc2ccc(F)cc2N)c1Br. The first-order valence-electron chi connectivity index (χ1n) is 6.48. The van der Waals surface area contributed by atoms with Crippen LogP contribution in [0.4, 0.5) is 10.1 Å². The van der Waals surface area contributed by atoms with Gasteiger partial charge in [-0.3, -0.25) is 4.68 Å². The summed E-state index contributed by atoms with van der Waals surface area (Å²) in [4.78, 5) is 0. The number of rotatable bonds is 5. The molecule has 6 heteroatoms. The van der Waals surface area contributed by atoms with Gasteiger partial charge in [0.1, 0.15) is 18.2 Å². The van der Waals surface area contributed by atoms with Gasteiger partial charge in [0.05, 0.1) is 21.5 Å². The van der Waals surface area contributed by atoms with Crippen molar-refractivity contribution < 1.29 is 9.13 Å². The molecule has 0 spiro atoms. The molecule has 0 bridgehead atoms. The number of nitrogen functional groups attached to an aromatic ring is 1. The van der Waals surface area contributed by atoms with Crippen LogP contribution in [-0.2, 0) is 19.6 Å². The highest BCUT2D eigenvalue weighted by atomic mass is 79.9. The van der Waals surface area contributed by atoms with Gasteiger partial charge in [-0.15, -0.1) is 0 Å². The van der Waals surface area contributed by atoms with E-state index < -0.39 is 0 Å². The van der Waals surface area contributed by atoms with E-state index in [1.54, 1.807) is 0 Å². The van der Waals surface area contributed by atoms with E-state index in [1.165, 1.54) is 18.2 Å². The van der Waals surface area contributed by atoms with Gasteiger partial charge in [0, 0.05) is 12.6 Å². The molecule has 1 heterocycles. The van der Waals surface area contributed by atoms with E-state index in [2.05, 4.69) is 28.0 Å². The van der Waals surface area contributed by atoms with Crippen molar-refractivity contribution in [2.45, 2.75) is 33.4 Å². The van der Waals surface area contributed by atoms with Gasteiger partial charge in [-0.1, -0.05) is 6.92 Å². The third kappa shape index (κ3) is 2.95. The topological polar surface area (TPSA) is 53.1 Å². The fraction of sp³-hybridized carbons (Fsp3) is 0.357. The first-order chi connectivity index (χ1) is 9.56. The minimum atomic E-state index is -0.372. The minimum Gasteiger partial charge on any atom is -0.485 e. The second kappa shape index (κ2) is 6.26. The molecule has 0 aliphatic carbocycles. The Morgan fingerprint density at radius 1 is 1.40 bits per heavy atom. The number of aryl methyl sites for hydroxylation is 2. The van der Waals surface area contributed by atoms with Gasteiger partial charge >= 0.3 is 0 Å². The molecule has 0 amide bonds. The van der Waals surface area contributed by atoms with Crippen LogP contribution in [-0.4, -0.2) is 9.78 Å². The fourth-order valence-corrected chi connectivity index (χ4v) is 2.63. The van der Waals surface area contributed by atoms with Crippen LogP contribution in [0.1, 0.15) is 25.2 Å². The molecular formula is C14H17BrFN3O. The lowest BCUT2D eigenvalue weighted by molar-refractivity contribution is 0.293. The average molecular weight is 342 g/mol. The second-order valence-corrected chi connectivity index (χ2v) is 5.14. The lowest BCUT2D eigenvalue weighted by Gasteiger charge is -2.10. The van der Waals surface area contributed by atoms with Crippen LogP contribution >= 0.6 is 15.9 Å². The third-order valence-electron chi connectivity index (χ3n) is 3.03. The molecule has 0 atom stereocenters. The van der Waals surface area contributed by atoms with E-state index in [9.17, 15) is 4.39 Å². The number of ether oxygens (including phenoxy) is 1. The Hall–Kier alpha value is -1.56. The van der Waals surface area contributed by atoms with Gasteiger partial charge in [-0.05, 0) is 41.4 Å². The molecule has 0 saturated heterocycles. The Balaban J connectivity index is 2.20. The van der Waals surface area contributed by atoms with Crippen LogP contribution in [0, 0.1) is 5.82 Å². The average Bonchev–Trinajstić information content (AvgIpc) is 2.74. The summed E-state index contributed by atoms with van der Waals surface area (Å²) >= 11 is 3.55. The smallest absolute Gasteiger partial charge is 0.142 e. The summed E-state index contributed by atoms with van der Waals surface area (Å²) in [7, 11) is 0. The Bertz CT molecular complexity index is 613. The number of nitrogens with two attached hydrogens (primary N) is 1. The van der Waals surface area contributed by atoms with Gasteiger partial charge in [0.15, 0.2) is 0 Å². The molecule has 0 unspecified atom stereocenters. The number of halogens is 2. The lowest BCUT2D eigenvalue weighted by atomic mass is 10.3. The molecule has 0 aliphatic heterocycles. The summed E-state index contributed by atoms with van der Waals surface area (Å²) < 4.78 is 21.5. The van der Waals surface area contributed by atoms with E-state index in [0.717, 1.165) is 28.8 Å². The third-order valence-corrected chi connectivity index (χ3v) is 3.95. The summed E-state index contributed by atoms with van der Waals surface area (Å²) in [5.74, 6) is 0.100. The Labute approximate surface area is 125 Å². The van der Waals surface area contributed by atoms with Crippen LogP contribution in [0.25, 0.3) is 0 Å². The fourth-order valence-electron chi connectivity index (χ4n) is 1.95. The number of anilines is 1. The van der Waals surface area contributed by atoms with Crippen molar-refractivity contribution in [1.29, 1.82) is 0 Å². The monoisotopic (exact) mass is 341 g/mol. The Morgan fingerprint density at radius 3 is 2.75 bits per heavy atom. The highest BCUT2D eigenvalue weighted by molar-refractivity contribution is 9.10. The number of nitrogens with zero attached hydrogens (tertiary/aromatic N) is 2. The first-order valence-corrected chi connectivity index (χ1v) is 7.28. The number of aromatic nitrogens is 2. The van der Waals surface area contributed by atoms with E-state index in [-0.39, 0.29) is 5.82 Å². The maximum atomic E-state index is 13.0. The van der Waals surface area contributed by atoms with Crippen LogP contribution < -0.4 is 10.5 Å². The van der Waals surface area contributed by atoms with Crippen molar-refractivity contribution in [2.24, 2.45) is 0 Å². The summed E-state index contributed by atoms with van der Waals surface area (Å²) in [6.07, 6.45) is 0.846. The zero-order valence-electron chi connectivity index (χ0n) is 11.5. The number of benzene rings is 1. The molecule has 0 aliphatic rings. The standard InChI is InChI=1S/C14H17BrFN3O/c1-3-11-14(15)12(19(4-2)18-11)8-20-13-6-5-9(16)7-10(13)17/h5-7H,3-4,8,17H2,1-2H3. The van der Waals surface area contributed by atoms with Crippen molar-refractivity contribution in [2.75, 3.05) is 5.73 Å². The van der Waals surface area contributed by atoms with E-state index >= 15 is 0 Å². The predicted octanol–water partition coefficient (Wildman–Crippen LogP) is 3.53. The normalized spacial score (nSPS) is 10.8. The van der Waals surface area contributed by atoms with Gasteiger partial charge in [-0.25, -0.2) is 4.39 Å². The molecule has 0 fully saturated rings. The quantitative estimate of drug-likeness (QED) is 0.846. The first kappa shape index (κ1) is 14.8. The molecule has 0 saturated carbocycles. The predicted molar refractivity (Wildman–Crippen MR) is 80.1 cm³/mol. The maximum Gasteiger partial charge on any atom is 0.142 e. The van der Waals surface area contributed by atoms with Crippen molar-refractivity contribution in [3.8, 4) is 5.75 Å². The Morgan fingerprint density at radius 2 is 2.15 bits per heavy atom. The molecular weight excluding hydrogens is 325 g/mol. The van der Waals surface area contributed by atoms with Crippen molar-refractivity contribution in [1.82, 2.24) is 9.78 Å². The van der Waals surface area contributed by atoms with Gasteiger partial charge in [-0.2, -0.15) is 5.10 Å². The lowest BCUT2D eigenvalue weighted by Crippen LogP contribution is -2.07. The van der Waals surface area contributed by atoms with Crippen LogP contribution in [0.15, 0.2) is 22.7 Å². The maximum absolute atomic E-state index is 13.0. The summed E-state index contributed by atoms with van der Waals surface area (Å²) in [6.45, 7) is 5.16. The highest BCUT2D eigenvalue weighted by Gasteiger charge is 2.14. The van der Waals surface area contributed by atoms with Crippen LogP contribution in [0.2, 0.25) is 0 Å². The summed E-state index contributed by atoms with van der Waals surface area (Å²) in [5.41, 5.74) is 7.97. The van der Waals surface area contributed by atoms with Crippen molar-refractivity contribution >= 4 is 21.6 Å². The van der Waals surface area contributed by atoms with E-state index in [1.807, 2.05) is 11.6 Å². The zero-order chi connectivity index (χ0) is 14.7. The van der Waals surface area contributed by atoms with Gasteiger partial charge < -0.3 is 10.5 Å². The molecule has 1 aromatic heterocycles. The molecule has 20 heavy (non-hydrogen) atoms. The second-order valence-electron chi connectivity index (χ2n) is 4.35. The molecule has 2 N–H and O–H groups in total. The largest absolute Gasteiger partial charge is 0.485 e. The number of hydrogen-bond acceptors (Lipinski definition) is 3. The van der Waals surface area contributed by atoms with Gasteiger partial charge in [0.25, 0.3) is 0 Å². The number of hydrogen-bond donors (Lipinski definition) is 1. The zero-order valence-corrected chi connectivity index (χ0v) is 13.1. The van der Waals surface area contributed by atoms with Crippen LogP contribution in [0.5, 0.6) is 5.75 Å². The molecule has 108 valence electrons.